The Bertz CT molecular complexity index is 108. The smallest absolute Gasteiger partial charge is 0.305 e. The molecule has 0 aromatic heterocycles. The van der Waals surface area contributed by atoms with Crippen molar-refractivity contribution in [2.24, 2.45) is 0 Å². The predicted octanol–water partition coefficient (Wildman–Crippen LogP) is 1.36. The van der Waals surface area contributed by atoms with Crippen LogP contribution in [0.3, 0.4) is 0 Å². The van der Waals surface area contributed by atoms with Gasteiger partial charge in [-0.3, -0.25) is 4.79 Å². The van der Waals surface area contributed by atoms with E-state index in [2.05, 4.69) is 0 Å². The molecule has 0 heterocycles. The van der Waals surface area contributed by atoms with E-state index in [-0.39, 0.29) is 12.1 Å². The summed E-state index contributed by atoms with van der Waals surface area (Å²) < 4.78 is 9.89. The average molecular weight is 160 g/mol. The van der Waals surface area contributed by atoms with E-state index < -0.39 is 0 Å². The van der Waals surface area contributed by atoms with Crippen LogP contribution in [0.4, 0.5) is 0 Å². The SMILES string of the molecule is CCC(=O)OCC(CC)OC. The summed E-state index contributed by atoms with van der Waals surface area (Å²) in [6, 6.07) is 0. The van der Waals surface area contributed by atoms with E-state index in [0.717, 1.165) is 6.42 Å². The molecule has 1 unspecified atom stereocenters. The molecule has 0 aromatic rings. The molecule has 0 fully saturated rings. The van der Waals surface area contributed by atoms with Gasteiger partial charge in [-0.1, -0.05) is 13.8 Å². The van der Waals surface area contributed by atoms with Gasteiger partial charge in [-0.15, -0.1) is 0 Å². The van der Waals surface area contributed by atoms with Crippen LogP contribution in [0, 0.1) is 0 Å². The third kappa shape index (κ3) is 4.79. The van der Waals surface area contributed by atoms with Crippen molar-refractivity contribution in [3.05, 3.63) is 0 Å². The Balaban J connectivity index is 3.42. The van der Waals surface area contributed by atoms with Crippen molar-refractivity contribution in [1.29, 1.82) is 0 Å². The fraction of sp³-hybridized carbons (Fsp3) is 0.875. The van der Waals surface area contributed by atoms with Gasteiger partial charge in [0.25, 0.3) is 0 Å². The molecule has 0 aliphatic heterocycles. The van der Waals surface area contributed by atoms with Gasteiger partial charge in [0.2, 0.25) is 0 Å². The lowest BCUT2D eigenvalue weighted by molar-refractivity contribution is -0.146. The first-order chi connectivity index (χ1) is 5.24. The van der Waals surface area contributed by atoms with Crippen LogP contribution in [0.15, 0.2) is 0 Å². The fourth-order valence-electron chi connectivity index (χ4n) is 0.641. The van der Waals surface area contributed by atoms with Crippen molar-refractivity contribution >= 4 is 5.97 Å². The molecule has 0 N–H and O–H groups in total. The highest BCUT2D eigenvalue weighted by atomic mass is 16.6. The van der Waals surface area contributed by atoms with Gasteiger partial charge < -0.3 is 9.47 Å². The van der Waals surface area contributed by atoms with Gasteiger partial charge in [-0.05, 0) is 6.42 Å². The lowest BCUT2D eigenvalue weighted by Crippen LogP contribution is -2.19. The average Bonchev–Trinajstić information content (AvgIpc) is 2.06. The summed E-state index contributed by atoms with van der Waals surface area (Å²) in [4.78, 5) is 10.7. The minimum absolute atomic E-state index is 0.0468. The summed E-state index contributed by atoms with van der Waals surface area (Å²) in [5.41, 5.74) is 0. The standard InChI is InChI=1S/C8H16O3/c1-4-7(10-3)6-11-8(9)5-2/h7H,4-6H2,1-3H3. The Morgan fingerprint density at radius 3 is 2.45 bits per heavy atom. The number of esters is 1. The lowest BCUT2D eigenvalue weighted by atomic mass is 10.3. The summed E-state index contributed by atoms with van der Waals surface area (Å²) >= 11 is 0. The molecular formula is C8H16O3. The third-order valence-electron chi connectivity index (χ3n) is 1.51. The van der Waals surface area contributed by atoms with Crippen molar-refractivity contribution < 1.29 is 14.3 Å². The molecule has 0 spiro atoms. The Labute approximate surface area is 67.7 Å². The van der Waals surface area contributed by atoms with Crippen LogP contribution >= 0.6 is 0 Å². The number of carbonyl (C=O) groups excluding carboxylic acids is 1. The van der Waals surface area contributed by atoms with Gasteiger partial charge in [-0.2, -0.15) is 0 Å². The van der Waals surface area contributed by atoms with E-state index in [0.29, 0.717) is 13.0 Å². The summed E-state index contributed by atoms with van der Waals surface area (Å²) in [6.45, 7) is 4.14. The summed E-state index contributed by atoms with van der Waals surface area (Å²) in [5, 5.41) is 0. The van der Waals surface area contributed by atoms with Crippen LogP contribution < -0.4 is 0 Å². The van der Waals surface area contributed by atoms with Crippen LogP contribution in [0.5, 0.6) is 0 Å². The zero-order valence-electron chi connectivity index (χ0n) is 7.42. The number of hydrogen-bond donors (Lipinski definition) is 0. The fourth-order valence-corrected chi connectivity index (χ4v) is 0.641. The molecule has 0 saturated heterocycles. The van der Waals surface area contributed by atoms with Crippen LogP contribution in [0.2, 0.25) is 0 Å². The molecule has 1 atom stereocenters. The molecule has 0 aliphatic rings. The number of ether oxygens (including phenoxy) is 2. The topological polar surface area (TPSA) is 35.5 Å². The zero-order valence-corrected chi connectivity index (χ0v) is 7.42. The maximum atomic E-state index is 10.7. The second-order valence-corrected chi connectivity index (χ2v) is 2.30. The van der Waals surface area contributed by atoms with Crippen LogP contribution in [-0.4, -0.2) is 25.8 Å². The van der Waals surface area contributed by atoms with Crippen molar-refractivity contribution in [2.75, 3.05) is 13.7 Å². The van der Waals surface area contributed by atoms with Crippen molar-refractivity contribution in [3.8, 4) is 0 Å². The Kier molecular flexibility index (Phi) is 5.84. The molecule has 0 rings (SSSR count). The number of hydrogen-bond acceptors (Lipinski definition) is 3. The second-order valence-electron chi connectivity index (χ2n) is 2.30. The first-order valence-electron chi connectivity index (χ1n) is 3.93. The number of methoxy groups -OCH3 is 1. The summed E-state index contributed by atoms with van der Waals surface area (Å²) in [6.07, 6.45) is 1.35. The Hall–Kier alpha value is -0.570. The van der Waals surface area contributed by atoms with Crippen molar-refractivity contribution in [3.63, 3.8) is 0 Å². The first-order valence-corrected chi connectivity index (χ1v) is 3.93. The molecule has 0 bridgehead atoms. The minimum Gasteiger partial charge on any atom is -0.463 e. The maximum absolute atomic E-state index is 10.7. The predicted molar refractivity (Wildman–Crippen MR) is 42.3 cm³/mol. The van der Waals surface area contributed by atoms with E-state index in [9.17, 15) is 4.79 Å². The van der Waals surface area contributed by atoms with Gasteiger partial charge in [0.1, 0.15) is 6.61 Å². The Morgan fingerprint density at radius 1 is 1.45 bits per heavy atom. The maximum Gasteiger partial charge on any atom is 0.305 e. The molecule has 3 nitrogen and oxygen atoms in total. The monoisotopic (exact) mass is 160 g/mol. The van der Waals surface area contributed by atoms with Crippen LogP contribution in [0.1, 0.15) is 26.7 Å². The normalized spacial score (nSPS) is 12.6. The van der Waals surface area contributed by atoms with E-state index >= 15 is 0 Å². The largest absolute Gasteiger partial charge is 0.463 e. The molecule has 0 amide bonds. The third-order valence-corrected chi connectivity index (χ3v) is 1.51. The number of carbonyl (C=O) groups is 1. The molecule has 0 saturated carbocycles. The first kappa shape index (κ1) is 10.4. The van der Waals surface area contributed by atoms with Crippen LogP contribution in [0.25, 0.3) is 0 Å². The minimum atomic E-state index is -0.166. The van der Waals surface area contributed by atoms with Gasteiger partial charge in [0.05, 0.1) is 6.10 Å². The van der Waals surface area contributed by atoms with Crippen molar-refractivity contribution in [2.45, 2.75) is 32.8 Å². The number of rotatable bonds is 5. The lowest BCUT2D eigenvalue weighted by Gasteiger charge is -2.12. The van der Waals surface area contributed by atoms with E-state index in [1.54, 1.807) is 14.0 Å². The van der Waals surface area contributed by atoms with E-state index in [1.807, 2.05) is 6.92 Å². The molecule has 0 aromatic carbocycles. The van der Waals surface area contributed by atoms with Gasteiger partial charge >= 0.3 is 5.97 Å². The molecular weight excluding hydrogens is 144 g/mol. The molecule has 11 heavy (non-hydrogen) atoms. The molecule has 0 aliphatic carbocycles. The zero-order chi connectivity index (χ0) is 8.69. The summed E-state index contributed by atoms with van der Waals surface area (Å²) in [7, 11) is 1.62. The van der Waals surface area contributed by atoms with Gasteiger partial charge in [0.15, 0.2) is 0 Å². The van der Waals surface area contributed by atoms with E-state index in [4.69, 9.17) is 9.47 Å². The molecule has 3 heteroatoms. The summed E-state index contributed by atoms with van der Waals surface area (Å²) in [5.74, 6) is -0.166. The van der Waals surface area contributed by atoms with E-state index in [1.165, 1.54) is 0 Å². The highest BCUT2D eigenvalue weighted by Crippen LogP contribution is 1.97. The molecule has 66 valence electrons. The Morgan fingerprint density at radius 2 is 2.09 bits per heavy atom. The van der Waals surface area contributed by atoms with Gasteiger partial charge in [0, 0.05) is 13.5 Å². The van der Waals surface area contributed by atoms with Gasteiger partial charge in [-0.25, -0.2) is 0 Å². The van der Waals surface area contributed by atoms with Crippen molar-refractivity contribution in [1.82, 2.24) is 0 Å². The quantitative estimate of drug-likeness (QED) is 0.570. The second kappa shape index (κ2) is 6.16. The molecule has 0 radical (unpaired) electrons. The highest BCUT2D eigenvalue weighted by molar-refractivity contribution is 5.68. The highest BCUT2D eigenvalue weighted by Gasteiger charge is 2.06. The van der Waals surface area contributed by atoms with Crippen LogP contribution in [-0.2, 0) is 14.3 Å².